The highest BCUT2D eigenvalue weighted by molar-refractivity contribution is 5.98. The number of ether oxygens (including phenoxy) is 2. The molecule has 5 nitrogen and oxygen atoms in total. The molecule has 0 aromatic carbocycles. The summed E-state index contributed by atoms with van der Waals surface area (Å²) in [6.07, 6.45) is 3.88. The van der Waals surface area contributed by atoms with Crippen molar-refractivity contribution in [2.24, 2.45) is 0 Å². The summed E-state index contributed by atoms with van der Waals surface area (Å²) in [5.41, 5.74) is -0.0552. The molecule has 1 N–H and O–H groups in total. The third-order valence-electron chi connectivity index (χ3n) is 2.55. The number of carbonyl (C=O) groups excluding carboxylic acids is 1. The van der Waals surface area contributed by atoms with Crippen molar-refractivity contribution in [3.63, 3.8) is 0 Å². The van der Waals surface area contributed by atoms with E-state index in [4.69, 9.17) is 9.47 Å². The number of hydrogen-bond donors (Lipinski definition) is 1. The molecule has 0 atom stereocenters. The molecule has 1 aromatic heterocycles. The molecule has 0 saturated heterocycles. The molecule has 1 aliphatic carbocycles. The van der Waals surface area contributed by atoms with Gasteiger partial charge in [0.15, 0.2) is 0 Å². The molecule has 1 aliphatic rings. The van der Waals surface area contributed by atoms with Crippen LogP contribution in [0.15, 0.2) is 12.3 Å². The molecule has 0 aliphatic heterocycles. The third kappa shape index (κ3) is 3.59. The first-order valence-electron chi connectivity index (χ1n) is 6.47. The van der Waals surface area contributed by atoms with E-state index in [9.17, 15) is 4.79 Å². The van der Waals surface area contributed by atoms with Gasteiger partial charge in [-0.1, -0.05) is 0 Å². The quantitative estimate of drug-likeness (QED) is 0.905. The fraction of sp³-hybridized carbons (Fsp3) is 0.571. The average Bonchev–Trinajstić information content (AvgIpc) is 3.10. The molecule has 0 bridgehead atoms. The molecule has 1 saturated carbocycles. The molecule has 1 heterocycles. The average molecular weight is 264 g/mol. The van der Waals surface area contributed by atoms with Gasteiger partial charge in [-0.25, -0.2) is 4.98 Å². The number of pyridine rings is 1. The predicted octanol–water partition coefficient (Wildman–Crippen LogP) is 2.16. The highest BCUT2D eigenvalue weighted by Gasteiger charge is 2.28. The normalized spacial score (nSPS) is 14.9. The number of aromatic nitrogens is 1. The lowest BCUT2D eigenvalue weighted by atomic mass is 10.1. The van der Waals surface area contributed by atoms with Gasteiger partial charge in [-0.15, -0.1) is 0 Å². The van der Waals surface area contributed by atoms with Gasteiger partial charge in [0.25, 0.3) is 5.91 Å². The maximum atomic E-state index is 12.0. The third-order valence-corrected chi connectivity index (χ3v) is 2.55. The lowest BCUT2D eigenvalue weighted by molar-refractivity contribution is 0.0928. The van der Waals surface area contributed by atoms with E-state index in [2.05, 4.69) is 10.3 Å². The predicted molar refractivity (Wildman–Crippen MR) is 71.7 cm³/mol. The fourth-order valence-electron chi connectivity index (χ4n) is 1.59. The van der Waals surface area contributed by atoms with Crippen LogP contribution in [0.2, 0.25) is 0 Å². The number of amides is 1. The Balaban J connectivity index is 2.37. The smallest absolute Gasteiger partial charge is 0.260 e. The topological polar surface area (TPSA) is 60.5 Å². The Labute approximate surface area is 113 Å². The summed E-state index contributed by atoms with van der Waals surface area (Å²) in [5, 5.41) is 2.60. The lowest BCUT2D eigenvalue weighted by Gasteiger charge is -2.22. The largest absolute Gasteiger partial charge is 0.489 e. The minimum atomic E-state index is -0.423. The van der Waals surface area contributed by atoms with Crippen molar-refractivity contribution in [2.45, 2.75) is 45.3 Å². The number of nitrogens with zero attached hydrogens (tertiary/aromatic N) is 1. The van der Waals surface area contributed by atoms with E-state index in [1.54, 1.807) is 19.3 Å². The standard InChI is InChI=1S/C14H20N2O3/c1-14(2,3)19-13-11(12(17)15-4)10(7-8-16-13)18-9-5-6-9/h7-9H,5-6H2,1-4H3,(H,15,17). The van der Waals surface area contributed by atoms with Crippen LogP contribution in [0.1, 0.15) is 44.0 Å². The van der Waals surface area contributed by atoms with Crippen LogP contribution in [0.4, 0.5) is 0 Å². The second-order valence-electron chi connectivity index (χ2n) is 5.60. The molecule has 2 rings (SSSR count). The second-order valence-corrected chi connectivity index (χ2v) is 5.60. The van der Waals surface area contributed by atoms with Gasteiger partial charge < -0.3 is 14.8 Å². The van der Waals surface area contributed by atoms with Crippen molar-refractivity contribution in [3.8, 4) is 11.6 Å². The van der Waals surface area contributed by atoms with Crippen LogP contribution in [0.5, 0.6) is 11.6 Å². The lowest BCUT2D eigenvalue weighted by Crippen LogP contribution is -2.27. The number of carbonyl (C=O) groups is 1. The monoisotopic (exact) mass is 264 g/mol. The van der Waals surface area contributed by atoms with Crippen LogP contribution in [0.25, 0.3) is 0 Å². The van der Waals surface area contributed by atoms with Gasteiger partial charge in [0.05, 0.1) is 6.10 Å². The van der Waals surface area contributed by atoms with E-state index in [1.807, 2.05) is 20.8 Å². The Hall–Kier alpha value is -1.78. The molecular weight excluding hydrogens is 244 g/mol. The molecule has 104 valence electrons. The Morgan fingerprint density at radius 2 is 2.11 bits per heavy atom. The van der Waals surface area contributed by atoms with Crippen molar-refractivity contribution < 1.29 is 14.3 Å². The Morgan fingerprint density at radius 3 is 2.63 bits per heavy atom. The zero-order valence-electron chi connectivity index (χ0n) is 11.8. The van der Waals surface area contributed by atoms with Gasteiger partial charge in [-0.2, -0.15) is 0 Å². The fourth-order valence-corrected chi connectivity index (χ4v) is 1.59. The van der Waals surface area contributed by atoms with Crippen molar-refractivity contribution in [3.05, 3.63) is 17.8 Å². The van der Waals surface area contributed by atoms with Gasteiger partial charge in [0.1, 0.15) is 16.9 Å². The number of nitrogens with one attached hydrogen (secondary N) is 1. The highest BCUT2D eigenvalue weighted by atomic mass is 16.5. The van der Waals surface area contributed by atoms with Crippen LogP contribution in [0.3, 0.4) is 0 Å². The molecule has 1 aromatic rings. The minimum absolute atomic E-state index is 0.216. The summed E-state index contributed by atoms with van der Waals surface area (Å²) in [7, 11) is 1.58. The minimum Gasteiger partial charge on any atom is -0.489 e. The van der Waals surface area contributed by atoms with Crippen molar-refractivity contribution in [1.82, 2.24) is 10.3 Å². The second kappa shape index (κ2) is 5.07. The summed E-state index contributed by atoms with van der Waals surface area (Å²) in [4.78, 5) is 16.2. The number of hydrogen-bond acceptors (Lipinski definition) is 4. The molecule has 1 amide bonds. The van der Waals surface area contributed by atoms with Crippen LogP contribution >= 0.6 is 0 Å². The zero-order chi connectivity index (χ0) is 14.0. The maximum absolute atomic E-state index is 12.0. The Kier molecular flexibility index (Phi) is 3.64. The van der Waals surface area contributed by atoms with Crippen molar-refractivity contribution >= 4 is 5.91 Å². The molecular formula is C14H20N2O3. The van der Waals surface area contributed by atoms with Crippen LogP contribution < -0.4 is 14.8 Å². The molecule has 0 radical (unpaired) electrons. The van der Waals surface area contributed by atoms with E-state index in [-0.39, 0.29) is 12.0 Å². The number of rotatable bonds is 4. The van der Waals surface area contributed by atoms with Crippen molar-refractivity contribution in [1.29, 1.82) is 0 Å². The van der Waals surface area contributed by atoms with Gasteiger partial charge in [0, 0.05) is 13.2 Å². The molecule has 19 heavy (non-hydrogen) atoms. The van der Waals surface area contributed by atoms with Crippen LogP contribution in [-0.4, -0.2) is 29.6 Å². The first-order chi connectivity index (χ1) is 8.90. The van der Waals surface area contributed by atoms with Crippen molar-refractivity contribution in [2.75, 3.05) is 7.05 Å². The molecule has 5 heteroatoms. The van der Waals surface area contributed by atoms with Gasteiger partial charge in [-0.3, -0.25) is 4.79 Å². The summed E-state index contributed by atoms with van der Waals surface area (Å²) >= 11 is 0. The van der Waals surface area contributed by atoms with Crippen LogP contribution in [-0.2, 0) is 0 Å². The van der Waals surface area contributed by atoms with E-state index in [0.717, 1.165) is 12.8 Å². The van der Waals surface area contributed by atoms with Gasteiger partial charge >= 0.3 is 0 Å². The van der Waals surface area contributed by atoms with Gasteiger partial charge in [-0.05, 0) is 39.7 Å². The first kappa shape index (κ1) is 13.6. The van der Waals surface area contributed by atoms with E-state index < -0.39 is 5.60 Å². The molecule has 0 spiro atoms. The van der Waals surface area contributed by atoms with E-state index in [0.29, 0.717) is 17.2 Å². The summed E-state index contributed by atoms with van der Waals surface area (Å²) in [5.74, 6) is 0.601. The molecule has 0 unspecified atom stereocenters. The zero-order valence-corrected chi connectivity index (χ0v) is 11.8. The summed E-state index contributed by atoms with van der Waals surface area (Å²) in [6, 6.07) is 1.71. The van der Waals surface area contributed by atoms with E-state index >= 15 is 0 Å². The van der Waals surface area contributed by atoms with E-state index in [1.165, 1.54) is 0 Å². The van der Waals surface area contributed by atoms with Gasteiger partial charge in [0.2, 0.25) is 5.88 Å². The molecule has 1 fully saturated rings. The summed E-state index contributed by atoms with van der Waals surface area (Å²) in [6.45, 7) is 5.74. The highest BCUT2D eigenvalue weighted by Crippen LogP contribution is 2.33. The first-order valence-corrected chi connectivity index (χ1v) is 6.47. The Morgan fingerprint density at radius 1 is 1.42 bits per heavy atom. The SMILES string of the molecule is CNC(=O)c1c(OC2CC2)ccnc1OC(C)(C)C. The summed E-state index contributed by atoms with van der Waals surface area (Å²) < 4.78 is 11.5. The van der Waals surface area contributed by atoms with Crippen LogP contribution in [0, 0.1) is 0 Å². The maximum Gasteiger partial charge on any atom is 0.260 e. The Bertz CT molecular complexity index is 476.